The molecule has 0 aromatic heterocycles. The lowest BCUT2D eigenvalue weighted by molar-refractivity contribution is -0.385. The molecule has 0 N–H and O–H groups in total. The van der Waals surface area contributed by atoms with Crippen molar-refractivity contribution >= 4 is 27.5 Å². The molecular weight excluding hydrogens is 336 g/mol. The molecule has 2 aromatic carbocycles. The number of halogens is 1. The summed E-state index contributed by atoms with van der Waals surface area (Å²) in [5, 5.41) is 10.9. The molecule has 0 radical (unpaired) electrons. The van der Waals surface area contributed by atoms with Crippen molar-refractivity contribution in [3.8, 4) is 0 Å². The summed E-state index contributed by atoms with van der Waals surface area (Å²) in [4.78, 5) is 24.3. The molecule has 0 aliphatic rings. The molecule has 2 aromatic rings. The first-order valence-electron chi connectivity index (χ1n) is 6.23. The Balaban J connectivity index is 2.24. The van der Waals surface area contributed by atoms with Gasteiger partial charge in [0, 0.05) is 19.7 Å². The molecule has 0 bridgehead atoms. The molecule has 108 valence electrons. The van der Waals surface area contributed by atoms with E-state index < -0.39 is 4.92 Å². The smallest absolute Gasteiger partial charge is 0.284 e. The maximum Gasteiger partial charge on any atom is 0.284 e. The summed E-state index contributed by atoms with van der Waals surface area (Å²) in [6.45, 7) is 0.439. The van der Waals surface area contributed by atoms with E-state index in [2.05, 4.69) is 15.9 Å². The fourth-order valence-corrected chi connectivity index (χ4v) is 2.54. The van der Waals surface area contributed by atoms with Gasteiger partial charge in [0.25, 0.3) is 11.6 Å². The van der Waals surface area contributed by atoms with Crippen molar-refractivity contribution in [1.29, 1.82) is 0 Å². The monoisotopic (exact) mass is 348 g/mol. The summed E-state index contributed by atoms with van der Waals surface area (Å²) in [6, 6.07) is 14.0. The van der Waals surface area contributed by atoms with Crippen LogP contribution >= 0.6 is 15.9 Å². The lowest BCUT2D eigenvalue weighted by atomic mass is 10.1. The van der Waals surface area contributed by atoms with E-state index in [1.807, 2.05) is 30.3 Å². The van der Waals surface area contributed by atoms with Crippen LogP contribution in [0.5, 0.6) is 0 Å². The Morgan fingerprint density at radius 1 is 1.19 bits per heavy atom. The molecule has 0 atom stereocenters. The van der Waals surface area contributed by atoms with E-state index in [4.69, 9.17) is 0 Å². The van der Waals surface area contributed by atoms with Gasteiger partial charge in [-0.25, -0.2) is 0 Å². The second-order valence-electron chi connectivity index (χ2n) is 4.54. The first kappa shape index (κ1) is 15.2. The summed E-state index contributed by atoms with van der Waals surface area (Å²) >= 11 is 3.15. The van der Waals surface area contributed by atoms with Gasteiger partial charge in [0.2, 0.25) is 0 Å². The maximum absolute atomic E-state index is 12.4. The Bertz CT molecular complexity index is 674. The molecule has 21 heavy (non-hydrogen) atoms. The minimum Gasteiger partial charge on any atom is -0.337 e. The molecule has 0 fully saturated rings. The third-order valence-corrected chi connectivity index (χ3v) is 3.85. The molecule has 5 nitrogen and oxygen atoms in total. The number of carbonyl (C=O) groups is 1. The summed E-state index contributed by atoms with van der Waals surface area (Å²) < 4.78 is 0.208. The van der Waals surface area contributed by atoms with Crippen LogP contribution in [0.15, 0.2) is 53.0 Å². The number of nitro benzene ring substituents is 1. The number of hydrogen-bond acceptors (Lipinski definition) is 3. The normalized spacial score (nSPS) is 10.2. The molecule has 0 aliphatic carbocycles. The van der Waals surface area contributed by atoms with E-state index in [1.165, 1.54) is 17.0 Å². The zero-order valence-electron chi connectivity index (χ0n) is 11.3. The Labute approximate surface area is 130 Å². The molecule has 2 rings (SSSR count). The number of rotatable bonds is 4. The van der Waals surface area contributed by atoms with Crippen LogP contribution in [0, 0.1) is 10.1 Å². The Morgan fingerprint density at radius 3 is 2.48 bits per heavy atom. The molecule has 0 saturated heterocycles. The van der Waals surface area contributed by atoms with E-state index in [-0.39, 0.29) is 21.6 Å². The molecule has 1 amide bonds. The molecule has 0 spiro atoms. The number of nitrogens with zero attached hydrogens (tertiary/aromatic N) is 2. The largest absolute Gasteiger partial charge is 0.337 e. The van der Waals surface area contributed by atoms with E-state index in [9.17, 15) is 14.9 Å². The van der Waals surface area contributed by atoms with Crippen LogP contribution in [0.3, 0.4) is 0 Å². The van der Waals surface area contributed by atoms with Crippen LogP contribution in [-0.4, -0.2) is 22.8 Å². The van der Waals surface area contributed by atoms with Gasteiger partial charge in [-0.05, 0) is 27.6 Å². The zero-order valence-corrected chi connectivity index (χ0v) is 12.9. The van der Waals surface area contributed by atoms with Crippen molar-refractivity contribution in [2.45, 2.75) is 6.54 Å². The van der Waals surface area contributed by atoms with E-state index in [0.29, 0.717) is 6.54 Å². The topological polar surface area (TPSA) is 63.5 Å². The van der Waals surface area contributed by atoms with Crippen molar-refractivity contribution in [3.05, 3.63) is 74.2 Å². The number of carbonyl (C=O) groups excluding carboxylic acids is 1. The molecule has 0 saturated carbocycles. The highest BCUT2D eigenvalue weighted by atomic mass is 79.9. The number of benzene rings is 2. The van der Waals surface area contributed by atoms with Gasteiger partial charge in [-0.2, -0.15) is 0 Å². The van der Waals surface area contributed by atoms with Crippen molar-refractivity contribution in [2.75, 3.05) is 7.05 Å². The molecule has 0 heterocycles. The zero-order chi connectivity index (χ0) is 15.4. The van der Waals surface area contributed by atoms with Crippen LogP contribution < -0.4 is 0 Å². The highest BCUT2D eigenvalue weighted by molar-refractivity contribution is 9.10. The lowest BCUT2D eigenvalue weighted by Crippen LogP contribution is -2.26. The summed E-state index contributed by atoms with van der Waals surface area (Å²) in [5.74, 6) is -0.269. The van der Waals surface area contributed by atoms with E-state index >= 15 is 0 Å². The molecule has 6 heteroatoms. The first-order valence-corrected chi connectivity index (χ1v) is 7.02. The van der Waals surface area contributed by atoms with Gasteiger partial charge in [0.15, 0.2) is 0 Å². The number of amides is 1. The standard InChI is InChI=1S/C15H13BrN2O3/c1-17(10-11-6-3-2-4-7-11)15(19)12-8-5-9-13(14(12)16)18(20)21/h2-9H,10H2,1H3. The van der Waals surface area contributed by atoms with Gasteiger partial charge < -0.3 is 4.90 Å². The van der Waals surface area contributed by atoms with Gasteiger partial charge >= 0.3 is 0 Å². The third kappa shape index (κ3) is 3.46. The fourth-order valence-electron chi connectivity index (χ4n) is 1.96. The van der Waals surface area contributed by atoms with Gasteiger partial charge in [0.1, 0.15) is 4.47 Å². The lowest BCUT2D eigenvalue weighted by Gasteiger charge is -2.18. The van der Waals surface area contributed by atoms with Crippen LogP contribution in [0.4, 0.5) is 5.69 Å². The summed E-state index contributed by atoms with van der Waals surface area (Å²) in [5.41, 5.74) is 1.16. The predicted molar refractivity (Wildman–Crippen MR) is 83.0 cm³/mol. The minimum absolute atomic E-state index is 0.117. The SMILES string of the molecule is CN(Cc1ccccc1)C(=O)c1cccc([N+](=O)[O-])c1Br. The summed E-state index contributed by atoms with van der Waals surface area (Å²) in [6.07, 6.45) is 0. The van der Waals surface area contributed by atoms with Crippen molar-refractivity contribution in [1.82, 2.24) is 4.90 Å². The van der Waals surface area contributed by atoms with Crippen LogP contribution in [-0.2, 0) is 6.54 Å². The number of hydrogen-bond donors (Lipinski definition) is 0. The van der Waals surface area contributed by atoms with Crippen molar-refractivity contribution < 1.29 is 9.72 Å². The molecule has 0 aliphatic heterocycles. The van der Waals surface area contributed by atoms with Gasteiger partial charge in [-0.1, -0.05) is 36.4 Å². The average molecular weight is 349 g/mol. The third-order valence-electron chi connectivity index (χ3n) is 3.01. The Kier molecular flexibility index (Phi) is 4.70. The molecular formula is C15H13BrN2O3. The first-order chi connectivity index (χ1) is 10.0. The highest BCUT2D eigenvalue weighted by Crippen LogP contribution is 2.29. The quantitative estimate of drug-likeness (QED) is 0.625. The van der Waals surface area contributed by atoms with Crippen LogP contribution in [0.1, 0.15) is 15.9 Å². The molecule has 0 unspecified atom stereocenters. The van der Waals surface area contributed by atoms with Crippen LogP contribution in [0.2, 0.25) is 0 Å². The Hall–Kier alpha value is -2.21. The van der Waals surface area contributed by atoms with Crippen molar-refractivity contribution in [2.24, 2.45) is 0 Å². The van der Waals surface area contributed by atoms with Crippen molar-refractivity contribution in [3.63, 3.8) is 0 Å². The van der Waals surface area contributed by atoms with Gasteiger partial charge in [-0.15, -0.1) is 0 Å². The number of nitro groups is 1. The van der Waals surface area contributed by atoms with E-state index in [0.717, 1.165) is 5.56 Å². The second kappa shape index (κ2) is 6.49. The van der Waals surface area contributed by atoms with E-state index in [1.54, 1.807) is 13.1 Å². The average Bonchev–Trinajstić information content (AvgIpc) is 2.47. The minimum atomic E-state index is -0.516. The maximum atomic E-state index is 12.4. The van der Waals surface area contributed by atoms with Gasteiger partial charge in [0.05, 0.1) is 10.5 Å². The predicted octanol–water partition coefficient (Wildman–Crippen LogP) is 3.63. The Morgan fingerprint density at radius 2 is 1.86 bits per heavy atom. The second-order valence-corrected chi connectivity index (χ2v) is 5.34. The highest BCUT2D eigenvalue weighted by Gasteiger charge is 2.21. The summed E-state index contributed by atoms with van der Waals surface area (Å²) in [7, 11) is 1.67. The van der Waals surface area contributed by atoms with Crippen LogP contribution in [0.25, 0.3) is 0 Å². The van der Waals surface area contributed by atoms with Gasteiger partial charge in [-0.3, -0.25) is 14.9 Å². The fraction of sp³-hybridized carbons (Fsp3) is 0.133.